The van der Waals surface area contributed by atoms with E-state index in [1.165, 1.54) is 36.6 Å². The second kappa shape index (κ2) is 4.20. The summed E-state index contributed by atoms with van der Waals surface area (Å²) in [5.41, 5.74) is 3.15. The summed E-state index contributed by atoms with van der Waals surface area (Å²) >= 11 is 0. The lowest BCUT2D eigenvalue weighted by Gasteiger charge is -2.36. The fourth-order valence-corrected chi connectivity index (χ4v) is 4.24. The summed E-state index contributed by atoms with van der Waals surface area (Å²) in [6.07, 6.45) is 5.19. The minimum Gasteiger partial charge on any atom is -0.477 e. The number of nitrogens with zero attached hydrogens (tertiary/aromatic N) is 1. The van der Waals surface area contributed by atoms with Gasteiger partial charge >= 0.3 is 5.97 Å². The highest BCUT2D eigenvalue weighted by Crippen LogP contribution is 2.58. The minimum absolute atomic E-state index is 0.133. The Morgan fingerprint density at radius 1 is 1.33 bits per heavy atom. The van der Waals surface area contributed by atoms with Crippen LogP contribution in [0.4, 0.5) is 0 Å². The smallest absolute Gasteiger partial charge is 0.341 e. The topological polar surface area (TPSA) is 59.3 Å². The van der Waals surface area contributed by atoms with E-state index in [0.717, 1.165) is 5.52 Å². The lowest BCUT2D eigenvalue weighted by molar-refractivity contribution is 0.0695. The average molecular weight is 283 g/mol. The molecule has 0 saturated heterocycles. The van der Waals surface area contributed by atoms with Gasteiger partial charge in [-0.05, 0) is 48.8 Å². The number of benzene rings is 1. The zero-order chi connectivity index (χ0) is 14.7. The highest BCUT2D eigenvalue weighted by atomic mass is 16.4. The van der Waals surface area contributed by atoms with Crippen molar-refractivity contribution in [1.29, 1.82) is 0 Å². The largest absolute Gasteiger partial charge is 0.477 e. The molecule has 2 aliphatic carbocycles. The Bertz CT molecular complexity index is 834. The maximum absolute atomic E-state index is 12.4. The molecule has 2 unspecified atom stereocenters. The van der Waals surface area contributed by atoms with Crippen LogP contribution in [0, 0.1) is 0 Å². The average Bonchev–Trinajstić information content (AvgIpc) is 2.87. The van der Waals surface area contributed by atoms with E-state index >= 15 is 0 Å². The van der Waals surface area contributed by atoms with E-state index in [9.17, 15) is 14.7 Å². The van der Waals surface area contributed by atoms with Crippen LogP contribution >= 0.6 is 0 Å². The molecular weight excluding hydrogens is 266 g/mol. The van der Waals surface area contributed by atoms with Crippen LogP contribution in [0.2, 0.25) is 0 Å². The summed E-state index contributed by atoms with van der Waals surface area (Å²) in [7, 11) is 0. The number of aryl methyl sites for hydroxylation is 1. The van der Waals surface area contributed by atoms with Gasteiger partial charge in [0, 0.05) is 18.1 Å². The first kappa shape index (κ1) is 12.6. The Balaban J connectivity index is 2.10. The van der Waals surface area contributed by atoms with Crippen molar-refractivity contribution in [3.63, 3.8) is 0 Å². The highest BCUT2D eigenvalue weighted by molar-refractivity contribution is 5.94. The fourth-order valence-electron chi connectivity index (χ4n) is 4.24. The lowest BCUT2D eigenvalue weighted by atomic mass is 9.69. The van der Waals surface area contributed by atoms with Gasteiger partial charge < -0.3 is 9.67 Å². The van der Waals surface area contributed by atoms with Gasteiger partial charge in [0.1, 0.15) is 5.56 Å². The molecule has 1 N–H and O–H groups in total. The van der Waals surface area contributed by atoms with Crippen LogP contribution in [-0.4, -0.2) is 15.6 Å². The van der Waals surface area contributed by atoms with E-state index in [2.05, 4.69) is 0 Å². The molecule has 0 radical (unpaired) electrons. The molecule has 0 bridgehead atoms. The third-order valence-electron chi connectivity index (χ3n) is 5.17. The molecule has 4 nitrogen and oxygen atoms in total. The molecule has 108 valence electrons. The molecule has 0 aliphatic heterocycles. The van der Waals surface area contributed by atoms with Crippen molar-refractivity contribution in [3.05, 3.63) is 45.2 Å². The van der Waals surface area contributed by atoms with Gasteiger partial charge in [0.2, 0.25) is 5.43 Å². The second-order valence-corrected chi connectivity index (χ2v) is 6.07. The Morgan fingerprint density at radius 2 is 2.10 bits per heavy atom. The maximum atomic E-state index is 12.4. The standard InChI is InChI=1S/C17H17NO3/c1-2-18-8-13(17(20)21)16(19)12-7-6-11-9-4-3-5-10(9)14(11)15(12)18/h6-10H,2-5H2,1H3,(H,20,21). The fraction of sp³-hybridized carbons (Fsp3) is 0.412. The third-order valence-corrected chi connectivity index (χ3v) is 5.17. The number of pyridine rings is 1. The molecular formula is C17H17NO3. The van der Waals surface area contributed by atoms with E-state index in [0.29, 0.717) is 23.8 Å². The monoisotopic (exact) mass is 283 g/mol. The van der Waals surface area contributed by atoms with E-state index in [1.54, 1.807) is 0 Å². The van der Waals surface area contributed by atoms with Gasteiger partial charge in [-0.3, -0.25) is 4.79 Å². The second-order valence-electron chi connectivity index (χ2n) is 6.07. The van der Waals surface area contributed by atoms with Crippen LogP contribution in [0.3, 0.4) is 0 Å². The van der Waals surface area contributed by atoms with Crippen LogP contribution in [0.1, 0.15) is 59.5 Å². The third kappa shape index (κ3) is 1.50. The normalized spacial score (nSPS) is 22.7. The summed E-state index contributed by atoms with van der Waals surface area (Å²) in [6.45, 7) is 2.66. The first-order chi connectivity index (χ1) is 10.1. The number of hydrogen-bond donors (Lipinski definition) is 1. The molecule has 0 amide bonds. The predicted molar refractivity (Wildman–Crippen MR) is 80.2 cm³/mol. The van der Waals surface area contributed by atoms with Gasteiger partial charge in [-0.15, -0.1) is 0 Å². The van der Waals surface area contributed by atoms with Crippen LogP contribution < -0.4 is 5.43 Å². The van der Waals surface area contributed by atoms with Gasteiger partial charge in [-0.2, -0.15) is 0 Å². The number of hydrogen-bond acceptors (Lipinski definition) is 2. The van der Waals surface area contributed by atoms with Gasteiger partial charge in [-0.25, -0.2) is 4.79 Å². The summed E-state index contributed by atoms with van der Waals surface area (Å²) in [5, 5.41) is 9.78. The highest BCUT2D eigenvalue weighted by Gasteiger charge is 2.42. The maximum Gasteiger partial charge on any atom is 0.341 e. The minimum atomic E-state index is -1.15. The van der Waals surface area contributed by atoms with Gasteiger partial charge in [0.05, 0.1) is 5.52 Å². The molecule has 1 heterocycles. The van der Waals surface area contributed by atoms with E-state index in [-0.39, 0.29) is 11.0 Å². The Hall–Kier alpha value is -2.10. The number of carbonyl (C=O) groups is 1. The Labute approximate surface area is 122 Å². The first-order valence-electron chi connectivity index (χ1n) is 7.56. The number of aromatic nitrogens is 1. The molecule has 1 saturated carbocycles. The van der Waals surface area contributed by atoms with Gasteiger partial charge in [0.15, 0.2) is 0 Å². The van der Waals surface area contributed by atoms with Crippen molar-refractivity contribution in [2.45, 2.75) is 44.6 Å². The molecule has 2 atom stereocenters. The Morgan fingerprint density at radius 3 is 2.81 bits per heavy atom. The molecule has 0 spiro atoms. The zero-order valence-electron chi connectivity index (χ0n) is 11.9. The molecule has 1 aromatic carbocycles. The number of aromatic carboxylic acids is 1. The van der Waals surface area contributed by atoms with Crippen molar-refractivity contribution >= 4 is 16.9 Å². The van der Waals surface area contributed by atoms with Crippen LogP contribution in [0.15, 0.2) is 23.1 Å². The Kier molecular flexibility index (Phi) is 2.52. The number of carboxylic acids is 1. The summed E-state index contributed by atoms with van der Waals surface area (Å²) < 4.78 is 1.94. The molecule has 21 heavy (non-hydrogen) atoms. The van der Waals surface area contributed by atoms with Crippen molar-refractivity contribution in [2.24, 2.45) is 0 Å². The number of carboxylic acid groups (broad SMARTS) is 1. The quantitative estimate of drug-likeness (QED) is 0.921. The number of fused-ring (bicyclic) bond motifs is 6. The van der Waals surface area contributed by atoms with Crippen LogP contribution in [0.25, 0.3) is 10.9 Å². The molecule has 1 fully saturated rings. The van der Waals surface area contributed by atoms with Gasteiger partial charge in [-0.1, -0.05) is 12.5 Å². The van der Waals surface area contributed by atoms with E-state index < -0.39 is 5.97 Å². The van der Waals surface area contributed by atoms with Crippen LogP contribution in [-0.2, 0) is 6.54 Å². The molecule has 1 aromatic heterocycles. The summed E-state index contributed by atoms with van der Waals surface area (Å²) in [5.74, 6) is 0.0751. The molecule has 2 aromatic rings. The van der Waals surface area contributed by atoms with E-state index in [1.807, 2.05) is 23.6 Å². The summed E-state index contributed by atoms with van der Waals surface area (Å²) in [6, 6.07) is 3.86. The van der Waals surface area contributed by atoms with Crippen molar-refractivity contribution in [3.8, 4) is 0 Å². The van der Waals surface area contributed by atoms with Crippen molar-refractivity contribution < 1.29 is 9.90 Å². The van der Waals surface area contributed by atoms with E-state index in [4.69, 9.17) is 0 Å². The van der Waals surface area contributed by atoms with Gasteiger partial charge in [0.25, 0.3) is 0 Å². The van der Waals surface area contributed by atoms with Crippen LogP contribution in [0.5, 0.6) is 0 Å². The first-order valence-corrected chi connectivity index (χ1v) is 7.56. The number of rotatable bonds is 2. The molecule has 2 aliphatic rings. The van der Waals surface area contributed by atoms with Crippen molar-refractivity contribution in [2.75, 3.05) is 0 Å². The molecule has 4 rings (SSSR count). The lowest BCUT2D eigenvalue weighted by Crippen LogP contribution is -2.25. The molecule has 4 heteroatoms. The predicted octanol–water partition coefficient (Wildman–Crippen LogP) is 3.08. The van der Waals surface area contributed by atoms with Crippen molar-refractivity contribution in [1.82, 2.24) is 4.57 Å². The summed E-state index contributed by atoms with van der Waals surface area (Å²) in [4.78, 5) is 23.7. The SMILES string of the molecule is CCn1cc(C(=O)O)c(=O)c2ccc3c(c21)C1CCCC31. The zero-order valence-corrected chi connectivity index (χ0v) is 11.9.